The van der Waals surface area contributed by atoms with E-state index in [9.17, 15) is 4.79 Å². The number of hydrogen-bond acceptors (Lipinski definition) is 4. The van der Waals surface area contributed by atoms with Crippen molar-refractivity contribution < 1.29 is 4.79 Å². The van der Waals surface area contributed by atoms with Crippen LogP contribution in [-0.4, -0.2) is 41.4 Å². The Morgan fingerprint density at radius 2 is 2.33 bits per heavy atom. The van der Waals surface area contributed by atoms with E-state index in [-0.39, 0.29) is 5.91 Å². The van der Waals surface area contributed by atoms with Crippen molar-refractivity contribution in [1.82, 2.24) is 10.3 Å². The molecule has 1 heterocycles. The second kappa shape index (κ2) is 7.09. The second-order valence-electron chi connectivity index (χ2n) is 3.96. The number of hydrogen-bond donors (Lipinski definition) is 2. The van der Waals surface area contributed by atoms with Gasteiger partial charge in [0, 0.05) is 24.8 Å². The molecule has 4 nitrogen and oxygen atoms in total. The molecule has 0 aromatic carbocycles. The number of hydrazine groups is 1. The third kappa shape index (κ3) is 4.86. The van der Waals surface area contributed by atoms with Gasteiger partial charge in [-0.2, -0.15) is 11.8 Å². The number of carbonyl (C=O) groups is 1. The number of amides is 1. The molecule has 0 aromatic heterocycles. The van der Waals surface area contributed by atoms with Gasteiger partial charge < -0.3 is 0 Å². The fourth-order valence-electron chi connectivity index (χ4n) is 1.80. The van der Waals surface area contributed by atoms with Crippen molar-refractivity contribution in [3.05, 3.63) is 0 Å². The number of nitrogens with zero attached hydrogens (tertiary/aromatic N) is 1. The number of nitrogens with one attached hydrogen (secondary N) is 1. The molecule has 1 amide bonds. The molecule has 1 saturated heterocycles. The van der Waals surface area contributed by atoms with Gasteiger partial charge in [0.15, 0.2) is 0 Å². The minimum absolute atomic E-state index is 0.0638. The van der Waals surface area contributed by atoms with Crippen LogP contribution in [0.3, 0.4) is 0 Å². The van der Waals surface area contributed by atoms with Gasteiger partial charge in [-0.15, -0.1) is 0 Å². The van der Waals surface area contributed by atoms with Crippen LogP contribution in [0.2, 0.25) is 0 Å². The molecular weight excluding hydrogens is 210 g/mol. The molecule has 1 aliphatic rings. The normalized spacial score (nSPS) is 20.7. The Hall–Kier alpha value is -0.260. The van der Waals surface area contributed by atoms with Crippen molar-refractivity contribution in [2.75, 3.05) is 24.6 Å². The fraction of sp³-hybridized carbons (Fsp3) is 0.900. The van der Waals surface area contributed by atoms with Gasteiger partial charge >= 0.3 is 0 Å². The summed E-state index contributed by atoms with van der Waals surface area (Å²) in [5.74, 6) is 7.47. The third-order valence-electron chi connectivity index (χ3n) is 2.83. The van der Waals surface area contributed by atoms with Crippen LogP contribution in [0.15, 0.2) is 0 Å². The maximum Gasteiger partial charge on any atom is 0.233 e. The summed E-state index contributed by atoms with van der Waals surface area (Å²) in [7, 11) is 0. The Kier molecular flexibility index (Phi) is 6.05. The first kappa shape index (κ1) is 12.8. The topological polar surface area (TPSA) is 58.4 Å². The van der Waals surface area contributed by atoms with Crippen LogP contribution in [0, 0.1) is 0 Å². The standard InChI is InChI=1S/C10H21N3OS/c1-9(3-4-10(14)12-11)13-5-2-7-15-8-6-13/h9H,2-8,11H2,1H3,(H,12,14). The lowest BCUT2D eigenvalue weighted by Gasteiger charge is -2.27. The zero-order valence-electron chi connectivity index (χ0n) is 9.37. The molecule has 3 N–H and O–H groups in total. The summed E-state index contributed by atoms with van der Waals surface area (Å²) in [5.41, 5.74) is 2.17. The number of rotatable bonds is 4. The van der Waals surface area contributed by atoms with Gasteiger partial charge in [-0.05, 0) is 32.1 Å². The predicted octanol–water partition coefficient (Wildman–Crippen LogP) is 0.584. The summed E-state index contributed by atoms with van der Waals surface area (Å²) in [6, 6.07) is 0.487. The summed E-state index contributed by atoms with van der Waals surface area (Å²) < 4.78 is 0. The van der Waals surface area contributed by atoms with Gasteiger partial charge in [0.1, 0.15) is 0 Å². The lowest BCUT2D eigenvalue weighted by Crippen LogP contribution is -2.37. The van der Waals surface area contributed by atoms with E-state index in [1.807, 2.05) is 11.8 Å². The maximum atomic E-state index is 11.0. The molecule has 0 spiro atoms. The van der Waals surface area contributed by atoms with Gasteiger partial charge in [0.2, 0.25) is 5.91 Å². The van der Waals surface area contributed by atoms with E-state index in [0.29, 0.717) is 12.5 Å². The Labute approximate surface area is 95.9 Å². The largest absolute Gasteiger partial charge is 0.300 e. The molecule has 1 fully saturated rings. The fourth-order valence-corrected chi connectivity index (χ4v) is 2.70. The summed E-state index contributed by atoms with van der Waals surface area (Å²) in [6.45, 7) is 4.51. The Morgan fingerprint density at radius 1 is 1.53 bits per heavy atom. The van der Waals surface area contributed by atoms with Crippen molar-refractivity contribution in [2.24, 2.45) is 5.84 Å². The summed E-state index contributed by atoms with van der Waals surface area (Å²) >= 11 is 2.02. The average Bonchev–Trinajstić information content (AvgIpc) is 2.53. The van der Waals surface area contributed by atoms with Crippen molar-refractivity contribution in [3.8, 4) is 0 Å². The van der Waals surface area contributed by atoms with Crippen LogP contribution >= 0.6 is 11.8 Å². The minimum Gasteiger partial charge on any atom is -0.300 e. The van der Waals surface area contributed by atoms with E-state index >= 15 is 0 Å². The minimum atomic E-state index is -0.0638. The molecule has 88 valence electrons. The molecule has 0 bridgehead atoms. The predicted molar refractivity (Wildman–Crippen MR) is 64.5 cm³/mol. The second-order valence-corrected chi connectivity index (χ2v) is 5.18. The summed E-state index contributed by atoms with van der Waals surface area (Å²) in [5, 5.41) is 0. The van der Waals surface area contributed by atoms with E-state index in [1.54, 1.807) is 0 Å². The molecule has 0 aromatic rings. The molecule has 1 rings (SSSR count). The van der Waals surface area contributed by atoms with Crippen LogP contribution < -0.4 is 11.3 Å². The highest BCUT2D eigenvalue weighted by molar-refractivity contribution is 7.99. The van der Waals surface area contributed by atoms with E-state index in [0.717, 1.165) is 13.0 Å². The molecule has 0 saturated carbocycles. The first-order chi connectivity index (χ1) is 7.24. The first-order valence-corrected chi connectivity index (χ1v) is 6.70. The highest BCUT2D eigenvalue weighted by atomic mass is 32.2. The summed E-state index contributed by atoms with van der Waals surface area (Å²) in [4.78, 5) is 13.5. The molecule has 0 radical (unpaired) electrons. The highest BCUT2D eigenvalue weighted by Crippen LogP contribution is 2.14. The molecular formula is C10H21N3OS. The molecule has 1 unspecified atom stereocenters. The molecule has 15 heavy (non-hydrogen) atoms. The first-order valence-electron chi connectivity index (χ1n) is 5.55. The monoisotopic (exact) mass is 231 g/mol. The number of nitrogens with two attached hydrogens (primary N) is 1. The van der Waals surface area contributed by atoms with Crippen LogP contribution in [-0.2, 0) is 4.79 Å². The molecule has 0 aliphatic carbocycles. The van der Waals surface area contributed by atoms with Crippen molar-refractivity contribution in [2.45, 2.75) is 32.2 Å². The molecule has 5 heteroatoms. The third-order valence-corrected chi connectivity index (χ3v) is 3.88. The van der Waals surface area contributed by atoms with Gasteiger partial charge in [-0.25, -0.2) is 5.84 Å². The zero-order valence-corrected chi connectivity index (χ0v) is 10.2. The van der Waals surface area contributed by atoms with E-state index < -0.39 is 0 Å². The molecule has 1 atom stereocenters. The lowest BCUT2D eigenvalue weighted by atomic mass is 10.1. The van der Waals surface area contributed by atoms with Gasteiger partial charge in [-0.1, -0.05) is 0 Å². The highest BCUT2D eigenvalue weighted by Gasteiger charge is 2.16. The number of thioether (sulfide) groups is 1. The van der Waals surface area contributed by atoms with E-state index in [4.69, 9.17) is 5.84 Å². The van der Waals surface area contributed by atoms with E-state index in [1.165, 1.54) is 24.5 Å². The zero-order chi connectivity index (χ0) is 11.1. The number of carbonyl (C=O) groups excluding carboxylic acids is 1. The van der Waals surface area contributed by atoms with Crippen LogP contribution in [0.4, 0.5) is 0 Å². The van der Waals surface area contributed by atoms with Crippen molar-refractivity contribution >= 4 is 17.7 Å². The SMILES string of the molecule is CC(CCC(=O)NN)N1CCCSCC1. The van der Waals surface area contributed by atoms with Crippen molar-refractivity contribution in [3.63, 3.8) is 0 Å². The van der Waals surface area contributed by atoms with Crippen LogP contribution in [0.5, 0.6) is 0 Å². The maximum absolute atomic E-state index is 11.0. The van der Waals surface area contributed by atoms with Crippen LogP contribution in [0.1, 0.15) is 26.2 Å². The lowest BCUT2D eigenvalue weighted by molar-refractivity contribution is -0.121. The Balaban J connectivity index is 2.24. The van der Waals surface area contributed by atoms with Gasteiger partial charge in [-0.3, -0.25) is 15.1 Å². The molecule has 1 aliphatic heterocycles. The van der Waals surface area contributed by atoms with Gasteiger partial charge in [0.05, 0.1) is 0 Å². The van der Waals surface area contributed by atoms with Gasteiger partial charge in [0.25, 0.3) is 0 Å². The smallest absolute Gasteiger partial charge is 0.233 e. The Bertz CT molecular complexity index is 193. The Morgan fingerprint density at radius 3 is 3.07 bits per heavy atom. The van der Waals surface area contributed by atoms with Crippen LogP contribution in [0.25, 0.3) is 0 Å². The van der Waals surface area contributed by atoms with Crippen molar-refractivity contribution in [1.29, 1.82) is 0 Å². The quantitative estimate of drug-likeness (QED) is 0.422. The average molecular weight is 231 g/mol. The summed E-state index contributed by atoms with van der Waals surface area (Å²) in [6.07, 6.45) is 2.69. The van der Waals surface area contributed by atoms with E-state index in [2.05, 4.69) is 17.2 Å².